The van der Waals surface area contributed by atoms with E-state index in [-0.39, 0.29) is 0 Å². The van der Waals surface area contributed by atoms with Crippen LogP contribution in [0.5, 0.6) is 0 Å². The standard InChI is InChI=1S/C15H27N5/c1-13(10-20-12-17-11-18-20)19-14-2-4-15(5-3-14)6-8-16-9-7-15/h11-14,16,19H,2-10H2,1H3/t13-/m0/s1. The third-order valence-corrected chi connectivity index (χ3v) is 5.16. The zero-order valence-corrected chi connectivity index (χ0v) is 12.5. The van der Waals surface area contributed by atoms with Crippen LogP contribution in [0.4, 0.5) is 0 Å². The van der Waals surface area contributed by atoms with Gasteiger partial charge in [0, 0.05) is 12.1 Å². The number of hydrogen-bond acceptors (Lipinski definition) is 4. The van der Waals surface area contributed by atoms with E-state index in [2.05, 4.69) is 27.6 Å². The summed E-state index contributed by atoms with van der Waals surface area (Å²) in [6, 6.07) is 1.15. The van der Waals surface area contributed by atoms with Gasteiger partial charge in [-0.05, 0) is 64.0 Å². The van der Waals surface area contributed by atoms with Crippen LogP contribution in [-0.2, 0) is 6.54 Å². The van der Waals surface area contributed by atoms with Crippen LogP contribution in [0.2, 0.25) is 0 Å². The van der Waals surface area contributed by atoms with Crippen LogP contribution in [0.1, 0.15) is 45.4 Å². The molecule has 20 heavy (non-hydrogen) atoms. The summed E-state index contributed by atoms with van der Waals surface area (Å²) < 4.78 is 1.91. The third kappa shape index (κ3) is 3.38. The van der Waals surface area contributed by atoms with Crippen molar-refractivity contribution in [2.45, 2.75) is 64.1 Å². The van der Waals surface area contributed by atoms with Gasteiger partial charge in [-0.25, -0.2) is 4.98 Å². The lowest BCUT2D eigenvalue weighted by molar-refractivity contribution is 0.112. The molecule has 1 spiro atoms. The summed E-state index contributed by atoms with van der Waals surface area (Å²) in [5.74, 6) is 0. The summed E-state index contributed by atoms with van der Waals surface area (Å²) in [7, 11) is 0. The van der Waals surface area contributed by atoms with Crippen molar-refractivity contribution in [1.29, 1.82) is 0 Å². The molecule has 1 aromatic heterocycles. The quantitative estimate of drug-likeness (QED) is 0.877. The molecular weight excluding hydrogens is 250 g/mol. The summed E-state index contributed by atoms with van der Waals surface area (Å²) in [5.41, 5.74) is 0.665. The SMILES string of the molecule is C[C@@H](Cn1cncn1)NC1CCC2(CCNCC2)CC1. The van der Waals surface area contributed by atoms with E-state index in [0.29, 0.717) is 17.5 Å². The molecular formula is C15H27N5. The first-order valence-electron chi connectivity index (χ1n) is 8.05. The van der Waals surface area contributed by atoms with Crippen molar-refractivity contribution >= 4 is 0 Å². The Morgan fingerprint density at radius 1 is 1.30 bits per heavy atom. The summed E-state index contributed by atoms with van der Waals surface area (Å²) in [5, 5.41) is 11.4. The lowest BCUT2D eigenvalue weighted by atomic mass is 9.67. The Morgan fingerprint density at radius 3 is 2.70 bits per heavy atom. The highest BCUT2D eigenvalue weighted by Gasteiger charge is 2.36. The van der Waals surface area contributed by atoms with Gasteiger partial charge in [-0.3, -0.25) is 4.68 Å². The van der Waals surface area contributed by atoms with Gasteiger partial charge >= 0.3 is 0 Å². The third-order valence-electron chi connectivity index (χ3n) is 5.16. The second-order valence-corrected chi connectivity index (χ2v) is 6.71. The predicted molar refractivity (Wildman–Crippen MR) is 79.4 cm³/mol. The topological polar surface area (TPSA) is 54.8 Å². The lowest BCUT2D eigenvalue weighted by Gasteiger charge is -2.43. The Balaban J connectivity index is 1.44. The zero-order chi connectivity index (χ0) is 13.8. The number of nitrogens with one attached hydrogen (secondary N) is 2. The minimum atomic E-state index is 0.462. The molecule has 1 atom stereocenters. The van der Waals surface area contributed by atoms with E-state index >= 15 is 0 Å². The van der Waals surface area contributed by atoms with E-state index in [1.165, 1.54) is 51.6 Å². The fourth-order valence-electron chi connectivity index (χ4n) is 3.92. The molecule has 1 aromatic rings. The maximum atomic E-state index is 4.18. The minimum absolute atomic E-state index is 0.462. The molecule has 2 heterocycles. The van der Waals surface area contributed by atoms with E-state index in [0.717, 1.165) is 6.54 Å². The number of nitrogens with zero attached hydrogens (tertiary/aromatic N) is 3. The molecule has 1 saturated carbocycles. The van der Waals surface area contributed by atoms with Gasteiger partial charge in [0.1, 0.15) is 12.7 Å². The molecule has 0 amide bonds. The highest BCUT2D eigenvalue weighted by molar-refractivity contribution is 4.91. The molecule has 2 N–H and O–H groups in total. The average Bonchev–Trinajstić information content (AvgIpc) is 2.95. The van der Waals surface area contributed by atoms with Gasteiger partial charge in [-0.2, -0.15) is 5.10 Å². The van der Waals surface area contributed by atoms with E-state index in [4.69, 9.17) is 0 Å². The van der Waals surface area contributed by atoms with Crippen LogP contribution in [0, 0.1) is 5.41 Å². The Kier molecular flexibility index (Phi) is 4.36. The van der Waals surface area contributed by atoms with Crippen LogP contribution < -0.4 is 10.6 Å². The highest BCUT2D eigenvalue weighted by Crippen LogP contribution is 2.43. The van der Waals surface area contributed by atoms with Crippen LogP contribution in [0.25, 0.3) is 0 Å². The molecule has 5 heteroatoms. The van der Waals surface area contributed by atoms with Crippen molar-refractivity contribution in [1.82, 2.24) is 25.4 Å². The monoisotopic (exact) mass is 277 g/mol. The van der Waals surface area contributed by atoms with Gasteiger partial charge in [0.05, 0.1) is 6.54 Å². The smallest absolute Gasteiger partial charge is 0.137 e. The van der Waals surface area contributed by atoms with Crippen LogP contribution in [0.3, 0.4) is 0 Å². The number of piperidine rings is 1. The van der Waals surface area contributed by atoms with Crippen molar-refractivity contribution in [2.24, 2.45) is 5.41 Å². The Morgan fingerprint density at radius 2 is 2.05 bits per heavy atom. The van der Waals surface area contributed by atoms with E-state index < -0.39 is 0 Å². The molecule has 0 radical (unpaired) electrons. The number of rotatable bonds is 4. The van der Waals surface area contributed by atoms with E-state index in [9.17, 15) is 0 Å². The Bertz CT molecular complexity index is 386. The highest BCUT2D eigenvalue weighted by atomic mass is 15.3. The van der Waals surface area contributed by atoms with Crippen molar-refractivity contribution in [3.8, 4) is 0 Å². The fourth-order valence-corrected chi connectivity index (χ4v) is 3.92. The molecule has 1 saturated heterocycles. The molecule has 2 fully saturated rings. The van der Waals surface area contributed by atoms with Crippen molar-refractivity contribution in [3.05, 3.63) is 12.7 Å². The molecule has 2 aliphatic rings. The summed E-state index contributed by atoms with van der Waals surface area (Å²) in [4.78, 5) is 4.00. The normalized spacial score (nSPS) is 24.9. The van der Waals surface area contributed by atoms with Gasteiger partial charge in [-0.15, -0.1) is 0 Å². The van der Waals surface area contributed by atoms with Gasteiger partial charge < -0.3 is 10.6 Å². The maximum Gasteiger partial charge on any atom is 0.137 e. The molecule has 1 aliphatic carbocycles. The molecule has 0 bridgehead atoms. The molecule has 1 aliphatic heterocycles. The van der Waals surface area contributed by atoms with Gasteiger partial charge in [-0.1, -0.05) is 0 Å². The fraction of sp³-hybridized carbons (Fsp3) is 0.867. The number of aromatic nitrogens is 3. The van der Waals surface area contributed by atoms with Gasteiger partial charge in [0.2, 0.25) is 0 Å². The van der Waals surface area contributed by atoms with Crippen LogP contribution in [0.15, 0.2) is 12.7 Å². The van der Waals surface area contributed by atoms with Gasteiger partial charge in [0.15, 0.2) is 0 Å². The maximum absolute atomic E-state index is 4.18. The van der Waals surface area contributed by atoms with Crippen LogP contribution >= 0.6 is 0 Å². The first-order chi connectivity index (χ1) is 9.76. The van der Waals surface area contributed by atoms with E-state index in [1.807, 2.05) is 4.68 Å². The van der Waals surface area contributed by atoms with Crippen molar-refractivity contribution < 1.29 is 0 Å². The Hall–Kier alpha value is -0.940. The van der Waals surface area contributed by atoms with Crippen LogP contribution in [-0.4, -0.2) is 39.9 Å². The Labute approximate surface area is 121 Å². The first kappa shape index (κ1) is 14.0. The molecule has 112 valence electrons. The second-order valence-electron chi connectivity index (χ2n) is 6.71. The van der Waals surface area contributed by atoms with E-state index in [1.54, 1.807) is 12.7 Å². The second kappa shape index (κ2) is 6.22. The van der Waals surface area contributed by atoms with Crippen molar-refractivity contribution in [3.63, 3.8) is 0 Å². The first-order valence-corrected chi connectivity index (χ1v) is 8.05. The number of hydrogen-bond donors (Lipinski definition) is 2. The zero-order valence-electron chi connectivity index (χ0n) is 12.5. The predicted octanol–water partition coefficient (Wildman–Crippen LogP) is 1.57. The lowest BCUT2D eigenvalue weighted by Crippen LogP contribution is -2.45. The molecule has 3 rings (SSSR count). The average molecular weight is 277 g/mol. The summed E-state index contributed by atoms with van der Waals surface area (Å²) in [6.45, 7) is 5.60. The largest absolute Gasteiger partial charge is 0.317 e. The van der Waals surface area contributed by atoms with Gasteiger partial charge in [0.25, 0.3) is 0 Å². The summed E-state index contributed by atoms with van der Waals surface area (Å²) in [6.07, 6.45) is 11.6. The molecule has 5 nitrogen and oxygen atoms in total. The summed E-state index contributed by atoms with van der Waals surface area (Å²) >= 11 is 0. The molecule has 0 aromatic carbocycles. The molecule has 0 unspecified atom stereocenters. The van der Waals surface area contributed by atoms with Crippen molar-refractivity contribution in [2.75, 3.05) is 13.1 Å². The minimum Gasteiger partial charge on any atom is -0.317 e.